The molecule has 0 amide bonds. The Kier molecular flexibility index (Phi) is 5.05. The van der Waals surface area contributed by atoms with Crippen LogP contribution in [0.15, 0.2) is 36.4 Å². The molecule has 152 valence electrons. The van der Waals surface area contributed by atoms with E-state index in [-0.39, 0.29) is 12.1 Å². The SMILES string of the molecule is COc1ccc(NC([C@@H]2C=CC(=O)O2)[C@H]2O[C@@H]3OC(C)(C)O[C@@H]3[C@H]2OC)cc1. The maximum absolute atomic E-state index is 11.7. The molecule has 2 fully saturated rings. The Hall–Kier alpha value is -2.13. The predicted molar refractivity (Wildman–Crippen MR) is 98.9 cm³/mol. The van der Waals surface area contributed by atoms with Crippen molar-refractivity contribution in [2.75, 3.05) is 19.5 Å². The normalized spacial score (nSPS) is 34.1. The monoisotopic (exact) mass is 391 g/mol. The first-order valence-electron chi connectivity index (χ1n) is 9.23. The van der Waals surface area contributed by atoms with Gasteiger partial charge >= 0.3 is 5.97 Å². The quantitative estimate of drug-likeness (QED) is 0.736. The van der Waals surface area contributed by atoms with Gasteiger partial charge in [0, 0.05) is 18.9 Å². The number of hydrogen-bond acceptors (Lipinski definition) is 8. The van der Waals surface area contributed by atoms with E-state index in [1.54, 1.807) is 20.3 Å². The van der Waals surface area contributed by atoms with Gasteiger partial charge < -0.3 is 33.7 Å². The van der Waals surface area contributed by atoms with Crippen LogP contribution in [0.5, 0.6) is 5.75 Å². The van der Waals surface area contributed by atoms with Crippen molar-refractivity contribution in [1.82, 2.24) is 0 Å². The van der Waals surface area contributed by atoms with Gasteiger partial charge in [-0.1, -0.05) is 0 Å². The summed E-state index contributed by atoms with van der Waals surface area (Å²) < 4.78 is 34.4. The smallest absolute Gasteiger partial charge is 0.331 e. The van der Waals surface area contributed by atoms with Crippen LogP contribution in [0, 0.1) is 0 Å². The van der Waals surface area contributed by atoms with E-state index in [9.17, 15) is 4.79 Å². The number of methoxy groups -OCH3 is 2. The number of esters is 1. The predicted octanol–water partition coefficient (Wildman–Crippen LogP) is 1.85. The van der Waals surface area contributed by atoms with E-state index in [2.05, 4.69) is 5.32 Å². The Labute approximate surface area is 163 Å². The van der Waals surface area contributed by atoms with Gasteiger partial charge in [-0.25, -0.2) is 4.79 Å². The maximum Gasteiger partial charge on any atom is 0.331 e. The van der Waals surface area contributed by atoms with Gasteiger partial charge in [0.25, 0.3) is 0 Å². The van der Waals surface area contributed by atoms with Crippen molar-refractivity contribution in [2.45, 2.75) is 56.4 Å². The molecule has 6 atom stereocenters. The zero-order valence-corrected chi connectivity index (χ0v) is 16.3. The molecule has 1 aromatic carbocycles. The largest absolute Gasteiger partial charge is 0.497 e. The van der Waals surface area contributed by atoms with Crippen LogP contribution in [-0.2, 0) is 28.5 Å². The maximum atomic E-state index is 11.7. The highest BCUT2D eigenvalue weighted by Crippen LogP contribution is 2.41. The number of anilines is 1. The van der Waals surface area contributed by atoms with E-state index in [4.69, 9.17) is 28.4 Å². The summed E-state index contributed by atoms with van der Waals surface area (Å²) in [7, 11) is 3.23. The summed E-state index contributed by atoms with van der Waals surface area (Å²) in [6.45, 7) is 3.68. The summed E-state index contributed by atoms with van der Waals surface area (Å²) >= 11 is 0. The van der Waals surface area contributed by atoms with Gasteiger partial charge in [0.1, 0.15) is 30.2 Å². The number of rotatable bonds is 6. The molecule has 0 saturated carbocycles. The standard InChI is InChI=1S/C20H25NO7/c1-20(2)27-18-17(24-4)16(26-19(18)28-20)15(13-9-10-14(22)25-13)21-11-5-7-12(23-3)8-6-11/h5-10,13,15-19,21H,1-4H3/t13-,15?,16+,17-,18+,19+/m0/s1. The summed E-state index contributed by atoms with van der Waals surface area (Å²) in [6.07, 6.45) is 0.857. The molecule has 1 aromatic rings. The second-order valence-corrected chi connectivity index (χ2v) is 7.43. The highest BCUT2D eigenvalue weighted by Gasteiger charge is 2.58. The molecule has 2 saturated heterocycles. The molecule has 0 aromatic heterocycles. The van der Waals surface area contributed by atoms with Crippen LogP contribution in [0.25, 0.3) is 0 Å². The summed E-state index contributed by atoms with van der Waals surface area (Å²) in [5.74, 6) is -0.373. The molecule has 0 spiro atoms. The van der Waals surface area contributed by atoms with E-state index < -0.39 is 36.4 Å². The van der Waals surface area contributed by atoms with Gasteiger partial charge in [-0.05, 0) is 44.2 Å². The number of carbonyl (C=O) groups excluding carboxylic acids is 1. The Morgan fingerprint density at radius 1 is 1.14 bits per heavy atom. The van der Waals surface area contributed by atoms with Crippen LogP contribution in [0.1, 0.15) is 13.8 Å². The second-order valence-electron chi connectivity index (χ2n) is 7.43. The molecule has 0 radical (unpaired) electrons. The van der Waals surface area contributed by atoms with Gasteiger partial charge in [0.2, 0.25) is 0 Å². The van der Waals surface area contributed by atoms with Crippen molar-refractivity contribution in [3.63, 3.8) is 0 Å². The van der Waals surface area contributed by atoms with E-state index >= 15 is 0 Å². The van der Waals surface area contributed by atoms with E-state index in [1.165, 1.54) is 6.08 Å². The fourth-order valence-corrected chi connectivity index (χ4v) is 3.87. The number of ether oxygens (including phenoxy) is 6. The molecule has 28 heavy (non-hydrogen) atoms. The number of nitrogens with one attached hydrogen (secondary N) is 1. The first-order valence-corrected chi connectivity index (χ1v) is 9.23. The van der Waals surface area contributed by atoms with Gasteiger partial charge in [0.05, 0.1) is 13.2 Å². The lowest BCUT2D eigenvalue weighted by molar-refractivity contribution is -0.220. The molecule has 1 N–H and O–H groups in total. The fourth-order valence-electron chi connectivity index (χ4n) is 3.87. The van der Waals surface area contributed by atoms with Crippen molar-refractivity contribution in [1.29, 1.82) is 0 Å². The summed E-state index contributed by atoms with van der Waals surface area (Å²) in [5, 5.41) is 3.41. The highest BCUT2D eigenvalue weighted by atomic mass is 16.8. The molecular formula is C20H25NO7. The minimum atomic E-state index is -0.740. The lowest BCUT2D eigenvalue weighted by Gasteiger charge is -2.33. The van der Waals surface area contributed by atoms with Crippen LogP contribution >= 0.6 is 0 Å². The van der Waals surface area contributed by atoms with E-state index in [0.717, 1.165) is 11.4 Å². The van der Waals surface area contributed by atoms with Crippen LogP contribution < -0.4 is 10.1 Å². The third-order valence-corrected chi connectivity index (χ3v) is 5.10. The molecule has 3 heterocycles. The third-order valence-electron chi connectivity index (χ3n) is 5.10. The number of hydrogen-bond donors (Lipinski definition) is 1. The van der Waals surface area contributed by atoms with Crippen molar-refractivity contribution in [2.24, 2.45) is 0 Å². The van der Waals surface area contributed by atoms with Crippen LogP contribution in [-0.4, -0.2) is 62.7 Å². The topological polar surface area (TPSA) is 84.5 Å². The molecule has 0 bridgehead atoms. The summed E-state index contributed by atoms with van der Waals surface area (Å²) in [4.78, 5) is 11.7. The van der Waals surface area contributed by atoms with E-state index in [1.807, 2.05) is 38.1 Å². The highest BCUT2D eigenvalue weighted by molar-refractivity contribution is 5.84. The third kappa shape index (κ3) is 3.60. The Bertz CT molecular complexity index is 747. The van der Waals surface area contributed by atoms with Crippen LogP contribution in [0.3, 0.4) is 0 Å². The number of fused-ring (bicyclic) bond motifs is 1. The lowest BCUT2D eigenvalue weighted by Crippen LogP contribution is -2.50. The minimum absolute atomic E-state index is 0.369. The average Bonchev–Trinajstić information content (AvgIpc) is 3.31. The summed E-state index contributed by atoms with van der Waals surface area (Å²) in [5.41, 5.74) is 0.833. The zero-order chi connectivity index (χ0) is 19.9. The zero-order valence-electron chi connectivity index (χ0n) is 16.3. The number of benzene rings is 1. The first kappa shape index (κ1) is 19.2. The minimum Gasteiger partial charge on any atom is -0.497 e. The molecular weight excluding hydrogens is 366 g/mol. The van der Waals surface area contributed by atoms with Gasteiger partial charge in [-0.2, -0.15) is 0 Å². The number of cyclic esters (lactones) is 1. The fraction of sp³-hybridized carbons (Fsp3) is 0.550. The van der Waals surface area contributed by atoms with Crippen LogP contribution in [0.4, 0.5) is 5.69 Å². The van der Waals surface area contributed by atoms with Crippen LogP contribution in [0.2, 0.25) is 0 Å². The number of carbonyl (C=O) groups is 1. The van der Waals surface area contributed by atoms with Gasteiger partial charge in [-0.3, -0.25) is 0 Å². The average molecular weight is 391 g/mol. The Balaban J connectivity index is 1.58. The second kappa shape index (κ2) is 7.36. The molecule has 3 aliphatic heterocycles. The van der Waals surface area contributed by atoms with Crippen molar-refractivity contribution in [3.05, 3.63) is 36.4 Å². The lowest BCUT2D eigenvalue weighted by atomic mass is 9.98. The molecule has 3 aliphatic rings. The molecule has 8 heteroatoms. The van der Waals surface area contributed by atoms with Crippen molar-refractivity contribution in [3.8, 4) is 5.75 Å². The summed E-state index contributed by atoms with van der Waals surface area (Å²) in [6, 6.07) is 7.08. The van der Waals surface area contributed by atoms with Gasteiger partial charge in [0.15, 0.2) is 12.1 Å². The van der Waals surface area contributed by atoms with Gasteiger partial charge in [-0.15, -0.1) is 0 Å². The molecule has 1 unspecified atom stereocenters. The first-order chi connectivity index (χ1) is 13.4. The Morgan fingerprint density at radius 2 is 1.89 bits per heavy atom. The van der Waals surface area contributed by atoms with Crippen molar-refractivity contribution < 1.29 is 33.2 Å². The molecule has 4 rings (SSSR count). The molecule has 0 aliphatic carbocycles. The Morgan fingerprint density at radius 3 is 2.50 bits per heavy atom. The molecule has 8 nitrogen and oxygen atoms in total. The van der Waals surface area contributed by atoms with Crippen molar-refractivity contribution >= 4 is 11.7 Å². The van der Waals surface area contributed by atoms with E-state index in [0.29, 0.717) is 0 Å².